The van der Waals surface area contributed by atoms with E-state index in [1.807, 2.05) is 0 Å². The van der Waals surface area contributed by atoms with Crippen molar-refractivity contribution in [2.45, 2.75) is 38.7 Å². The zero-order valence-corrected chi connectivity index (χ0v) is 12.6. The van der Waals surface area contributed by atoms with Crippen molar-refractivity contribution in [2.75, 3.05) is 20.8 Å². The third-order valence-corrected chi connectivity index (χ3v) is 3.00. The standard InChI is InChI=1S/C17H24O2/c1-17(2,3)15-11-9-14(10-12-15)7-6-8-16(19-5)13-18-4/h9-12,16H,8,13H2,1-5H3. The highest BCUT2D eigenvalue weighted by molar-refractivity contribution is 5.37. The van der Waals surface area contributed by atoms with E-state index in [1.54, 1.807) is 14.2 Å². The smallest absolute Gasteiger partial charge is 0.0913 e. The maximum Gasteiger partial charge on any atom is 0.0913 e. The van der Waals surface area contributed by atoms with Crippen LogP contribution in [0.5, 0.6) is 0 Å². The van der Waals surface area contributed by atoms with Crippen molar-refractivity contribution in [3.63, 3.8) is 0 Å². The summed E-state index contributed by atoms with van der Waals surface area (Å²) in [6.07, 6.45) is 0.733. The molecule has 0 amide bonds. The van der Waals surface area contributed by atoms with E-state index in [2.05, 4.69) is 56.9 Å². The molecule has 19 heavy (non-hydrogen) atoms. The van der Waals surface area contributed by atoms with Crippen molar-refractivity contribution in [1.29, 1.82) is 0 Å². The van der Waals surface area contributed by atoms with E-state index in [1.165, 1.54) is 5.56 Å². The molecular weight excluding hydrogens is 236 g/mol. The molecule has 0 aliphatic carbocycles. The molecule has 1 aromatic rings. The Morgan fingerprint density at radius 3 is 2.21 bits per heavy atom. The van der Waals surface area contributed by atoms with Gasteiger partial charge in [0, 0.05) is 26.2 Å². The van der Waals surface area contributed by atoms with Gasteiger partial charge in [-0.05, 0) is 23.1 Å². The number of hydrogen-bond donors (Lipinski definition) is 0. The van der Waals surface area contributed by atoms with Crippen molar-refractivity contribution in [2.24, 2.45) is 0 Å². The van der Waals surface area contributed by atoms with Gasteiger partial charge in [0.15, 0.2) is 0 Å². The minimum atomic E-state index is 0.0475. The third kappa shape index (κ3) is 5.46. The van der Waals surface area contributed by atoms with Gasteiger partial charge in [0.05, 0.1) is 12.7 Å². The maximum atomic E-state index is 5.26. The molecule has 1 rings (SSSR count). The average Bonchev–Trinajstić information content (AvgIpc) is 2.37. The zero-order valence-electron chi connectivity index (χ0n) is 12.6. The number of hydrogen-bond acceptors (Lipinski definition) is 2. The molecule has 1 atom stereocenters. The van der Waals surface area contributed by atoms with Crippen LogP contribution in [0.25, 0.3) is 0 Å². The Morgan fingerprint density at radius 2 is 1.74 bits per heavy atom. The predicted octanol–water partition coefficient (Wildman–Crippen LogP) is 3.39. The van der Waals surface area contributed by atoms with E-state index >= 15 is 0 Å². The van der Waals surface area contributed by atoms with Crippen LogP contribution in [0, 0.1) is 11.8 Å². The second-order valence-electron chi connectivity index (χ2n) is 5.65. The van der Waals surface area contributed by atoms with E-state index in [4.69, 9.17) is 9.47 Å². The van der Waals surface area contributed by atoms with Gasteiger partial charge in [-0.1, -0.05) is 44.7 Å². The molecule has 2 nitrogen and oxygen atoms in total. The number of methoxy groups -OCH3 is 2. The van der Waals surface area contributed by atoms with Gasteiger partial charge in [0.25, 0.3) is 0 Å². The Hall–Kier alpha value is -1.30. The molecule has 0 saturated heterocycles. The number of ether oxygens (including phenoxy) is 2. The first-order valence-electron chi connectivity index (χ1n) is 6.58. The fourth-order valence-electron chi connectivity index (χ4n) is 1.72. The van der Waals surface area contributed by atoms with Crippen LogP contribution < -0.4 is 0 Å². The topological polar surface area (TPSA) is 18.5 Å². The van der Waals surface area contributed by atoms with E-state index < -0.39 is 0 Å². The largest absolute Gasteiger partial charge is 0.382 e. The molecule has 0 fully saturated rings. The van der Waals surface area contributed by atoms with Gasteiger partial charge in [-0.3, -0.25) is 0 Å². The molecule has 0 aliphatic rings. The van der Waals surface area contributed by atoms with Crippen LogP contribution in [0.2, 0.25) is 0 Å². The van der Waals surface area contributed by atoms with Crippen LogP contribution in [0.15, 0.2) is 24.3 Å². The van der Waals surface area contributed by atoms with Gasteiger partial charge in [0.1, 0.15) is 0 Å². The minimum absolute atomic E-state index is 0.0475. The normalized spacial score (nSPS) is 12.7. The van der Waals surface area contributed by atoms with Gasteiger partial charge < -0.3 is 9.47 Å². The summed E-state index contributed by atoms with van der Waals surface area (Å²) in [4.78, 5) is 0. The van der Waals surface area contributed by atoms with Crippen LogP contribution in [0.4, 0.5) is 0 Å². The lowest BCUT2D eigenvalue weighted by molar-refractivity contribution is 0.0318. The average molecular weight is 260 g/mol. The van der Waals surface area contributed by atoms with Crippen LogP contribution in [-0.2, 0) is 14.9 Å². The summed E-state index contributed by atoms with van der Waals surface area (Å²) >= 11 is 0. The molecule has 0 bridgehead atoms. The third-order valence-electron chi connectivity index (χ3n) is 3.00. The van der Waals surface area contributed by atoms with Crippen molar-refractivity contribution in [3.05, 3.63) is 35.4 Å². The summed E-state index contributed by atoms with van der Waals surface area (Å²) in [6, 6.07) is 8.44. The Bertz CT molecular complexity index is 429. The monoisotopic (exact) mass is 260 g/mol. The molecule has 0 heterocycles. The summed E-state index contributed by atoms with van der Waals surface area (Å²) < 4.78 is 10.3. The molecule has 1 aromatic carbocycles. The lowest BCUT2D eigenvalue weighted by Crippen LogP contribution is -2.16. The lowest BCUT2D eigenvalue weighted by atomic mass is 9.87. The maximum absolute atomic E-state index is 5.26. The van der Waals surface area contributed by atoms with Crippen LogP contribution in [-0.4, -0.2) is 26.9 Å². The fourth-order valence-corrected chi connectivity index (χ4v) is 1.72. The molecule has 0 aliphatic heterocycles. The minimum Gasteiger partial charge on any atom is -0.382 e. The summed E-state index contributed by atoms with van der Waals surface area (Å²) in [5, 5.41) is 0. The second kappa shape index (κ2) is 7.33. The van der Waals surface area contributed by atoms with Gasteiger partial charge in [-0.25, -0.2) is 0 Å². The summed E-state index contributed by atoms with van der Waals surface area (Å²) in [5.74, 6) is 6.30. The zero-order chi connectivity index (χ0) is 14.3. The molecule has 0 radical (unpaired) electrons. The van der Waals surface area contributed by atoms with Gasteiger partial charge in [-0.2, -0.15) is 0 Å². The molecule has 0 saturated carbocycles. The summed E-state index contributed by atoms with van der Waals surface area (Å²) in [5.41, 5.74) is 2.55. The summed E-state index contributed by atoms with van der Waals surface area (Å²) in [7, 11) is 3.36. The molecule has 2 heteroatoms. The van der Waals surface area contributed by atoms with Crippen LogP contribution in [0.3, 0.4) is 0 Å². The lowest BCUT2D eigenvalue weighted by Gasteiger charge is -2.18. The Kier molecular flexibility index (Phi) is 6.08. The van der Waals surface area contributed by atoms with Crippen molar-refractivity contribution >= 4 is 0 Å². The van der Waals surface area contributed by atoms with Crippen molar-refractivity contribution in [1.82, 2.24) is 0 Å². The van der Waals surface area contributed by atoms with E-state index in [0.29, 0.717) is 13.0 Å². The van der Waals surface area contributed by atoms with E-state index in [-0.39, 0.29) is 11.5 Å². The van der Waals surface area contributed by atoms with Gasteiger partial charge in [-0.15, -0.1) is 0 Å². The van der Waals surface area contributed by atoms with Crippen LogP contribution in [0.1, 0.15) is 38.3 Å². The van der Waals surface area contributed by atoms with Gasteiger partial charge in [0.2, 0.25) is 0 Å². The predicted molar refractivity (Wildman–Crippen MR) is 79.3 cm³/mol. The second-order valence-corrected chi connectivity index (χ2v) is 5.65. The first-order valence-corrected chi connectivity index (χ1v) is 6.58. The quantitative estimate of drug-likeness (QED) is 0.773. The molecule has 104 valence electrons. The Balaban J connectivity index is 2.64. The van der Waals surface area contributed by atoms with E-state index in [9.17, 15) is 0 Å². The first-order chi connectivity index (χ1) is 8.97. The molecule has 1 unspecified atom stereocenters. The first kappa shape index (κ1) is 15.8. The highest BCUT2D eigenvalue weighted by Crippen LogP contribution is 2.21. The SMILES string of the molecule is COCC(CC#Cc1ccc(C(C)(C)C)cc1)OC. The molecule has 0 aromatic heterocycles. The van der Waals surface area contributed by atoms with Crippen molar-refractivity contribution in [3.8, 4) is 11.8 Å². The van der Waals surface area contributed by atoms with Crippen molar-refractivity contribution < 1.29 is 9.47 Å². The molecule has 0 spiro atoms. The highest BCUT2D eigenvalue weighted by Gasteiger charge is 2.12. The molecular formula is C17H24O2. The van der Waals surface area contributed by atoms with E-state index in [0.717, 1.165) is 5.56 Å². The Morgan fingerprint density at radius 1 is 1.11 bits per heavy atom. The fraction of sp³-hybridized carbons (Fsp3) is 0.529. The summed E-state index contributed by atoms with van der Waals surface area (Å²) in [6.45, 7) is 7.21. The number of benzene rings is 1. The van der Waals surface area contributed by atoms with Gasteiger partial charge >= 0.3 is 0 Å². The van der Waals surface area contributed by atoms with Crippen LogP contribution >= 0.6 is 0 Å². The number of rotatable bonds is 4. The highest BCUT2D eigenvalue weighted by atomic mass is 16.5. The Labute approximate surface area is 117 Å². The molecule has 0 N–H and O–H groups in total.